The summed E-state index contributed by atoms with van der Waals surface area (Å²) in [6, 6.07) is 15.2. The summed E-state index contributed by atoms with van der Waals surface area (Å²) in [4.78, 5) is 23.9. The number of thiophene rings is 1. The van der Waals surface area contributed by atoms with Gasteiger partial charge in [-0.1, -0.05) is 36.4 Å². The van der Waals surface area contributed by atoms with Gasteiger partial charge in [-0.25, -0.2) is 4.39 Å². The Bertz CT molecular complexity index is 891. The van der Waals surface area contributed by atoms with Crippen LogP contribution >= 0.6 is 11.3 Å². The molecule has 3 aromatic rings. The van der Waals surface area contributed by atoms with Crippen molar-refractivity contribution >= 4 is 28.8 Å². The molecule has 0 fully saturated rings. The SMILES string of the molecule is C[C@@H](NC(=O)C(=O)Nc1ccsc1)c1ccc(-c2ccc(F)cc2)cc1. The number of benzene rings is 2. The number of anilines is 1. The van der Waals surface area contributed by atoms with E-state index in [-0.39, 0.29) is 11.9 Å². The van der Waals surface area contributed by atoms with Gasteiger partial charge in [0, 0.05) is 5.38 Å². The molecule has 0 aliphatic heterocycles. The molecule has 132 valence electrons. The summed E-state index contributed by atoms with van der Waals surface area (Å²) in [6.45, 7) is 1.81. The number of carbonyl (C=O) groups is 2. The van der Waals surface area contributed by atoms with Crippen molar-refractivity contribution in [1.29, 1.82) is 0 Å². The lowest BCUT2D eigenvalue weighted by atomic mass is 10.0. The first kappa shape index (κ1) is 17.8. The minimum Gasteiger partial charge on any atom is -0.341 e. The molecule has 0 spiro atoms. The maximum atomic E-state index is 13.0. The maximum absolute atomic E-state index is 13.0. The fourth-order valence-corrected chi connectivity index (χ4v) is 3.06. The van der Waals surface area contributed by atoms with Gasteiger partial charge in [0.2, 0.25) is 0 Å². The molecule has 2 amide bonds. The molecule has 1 heterocycles. The molecule has 0 radical (unpaired) electrons. The molecular formula is C20H17FN2O2S. The van der Waals surface area contributed by atoms with E-state index in [1.165, 1.54) is 23.5 Å². The predicted molar refractivity (Wildman–Crippen MR) is 101 cm³/mol. The van der Waals surface area contributed by atoms with Crippen molar-refractivity contribution in [2.24, 2.45) is 0 Å². The Kier molecular flexibility index (Phi) is 5.43. The van der Waals surface area contributed by atoms with Crippen LogP contribution in [-0.2, 0) is 9.59 Å². The van der Waals surface area contributed by atoms with Gasteiger partial charge >= 0.3 is 11.8 Å². The molecule has 3 rings (SSSR count). The van der Waals surface area contributed by atoms with Crippen molar-refractivity contribution in [2.45, 2.75) is 13.0 Å². The van der Waals surface area contributed by atoms with Gasteiger partial charge < -0.3 is 10.6 Å². The summed E-state index contributed by atoms with van der Waals surface area (Å²) < 4.78 is 13.0. The molecule has 2 aromatic carbocycles. The highest BCUT2D eigenvalue weighted by Gasteiger charge is 2.17. The maximum Gasteiger partial charge on any atom is 0.313 e. The van der Waals surface area contributed by atoms with E-state index < -0.39 is 11.8 Å². The Morgan fingerprint density at radius 1 is 0.923 bits per heavy atom. The lowest BCUT2D eigenvalue weighted by Crippen LogP contribution is -2.36. The van der Waals surface area contributed by atoms with Crippen LogP contribution in [0.1, 0.15) is 18.5 Å². The third-order valence-corrected chi connectivity index (χ3v) is 4.60. The predicted octanol–water partition coefficient (Wildman–Crippen LogP) is 4.37. The summed E-state index contributed by atoms with van der Waals surface area (Å²) >= 11 is 1.44. The number of amides is 2. The summed E-state index contributed by atoms with van der Waals surface area (Å²) in [7, 11) is 0. The van der Waals surface area contributed by atoms with Crippen molar-refractivity contribution in [3.63, 3.8) is 0 Å². The Morgan fingerprint density at radius 2 is 1.54 bits per heavy atom. The highest BCUT2D eigenvalue weighted by molar-refractivity contribution is 7.08. The highest BCUT2D eigenvalue weighted by atomic mass is 32.1. The molecule has 0 saturated carbocycles. The average molecular weight is 368 g/mol. The third-order valence-electron chi connectivity index (χ3n) is 3.92. The van der Waals surface area contributed by atoms with Gasteiger partial charge in [0.15, 0.2) is 0 Å². The van der Waals surface area contributed by atoms with E-state index in [1.807, 2.05) is 36.6 Å². The van der Waals surface area contributed by atoms with E-state index in [4.69, 9.17) is 0 Å². The topological polar surface area (TPSA) is 58.2 Å². The molecule has 0 aliphatic rings. The number of halogens is 1. The van der Waals surface area contributed by atoms with Crippen LogP contribution in [0.15, 0.2) is 65.4 Å². The number of nitrogens with one attached hydrogen (secondary N) is 2. The summed E-state index contributed by atoms with van der Waals surface area (Å²) in [5.41, 5.74) is 3.33. The first-order valence-corrected chi connectivity index (χ1v) is 8.97. The van der Waals surface area contributed by atoms with Gasteiger partial charge in [-0.15, -0.1) is 0 Å². The van der Waals surface area contributed by atoms with Crippen LogP contribution in [0.3, 0.4) is 0 Å². The second kappa shape index (κ2) is 7.93. The lowest BCUT2D eigenvalue weighted by molar-refractivity contribution is -0.136. The Hall–Kier alpha value is -2.99. The van der Waals surface area contributed by atoms with Crippen molar-refractivity contribution in [1.82, 2.24) is 5.32 Å². The van der Waals surface area contributed by atoms with Crippen LogP contribution < -0.4 is 10.6 Å². The summed E-state index contributed by atoms with van der Waals surface area (Å²) in [5, 5.41) is 8.79. The molecule has 6 heteroatoms. The molecule has 26 heavy (non-hydrogen) atoms. The minimum atomic E-state index is -0.696. The van der Waals surface area contributed by atoms with Crippen LogP contribution in [0.25, 0.3) is 11.1 Å². The molecule has 4 nitrogen and oxygen atoms in total. The Balaban J connectivity index is 1.62. The van der Waals surface area contributed by atoms with Gasteiger partial charge in [0.05, 0.1) is 11.7 Å². The van der Waals surface area contributed by atoms with Gasteiger partial charge in [-0.05, 0) is 47.2 Å². The molecule has 1 aromatic heterocycles. The van der Waals surface area contributed by atoms with Crippen molar-refractivity contribution in [3.8, 4) is 11.1 Å². The average Bonchev–Trinajstić information content (AvgIpc) is 3.15. The third kappa shape index (κ3) is 4.34. The van der Waals surface area contributed by atoms with Crippen LogP contribution in [-0.4, -0.2) is 11.8 Å². The van der Waals surface area contributed by atoms with Gasteiger partial charge in [-0.2, -0.15) is 11.3 Å². The van der Waals surface area contributed by atoms with E-state index in [9.17, 15) is 14.0 Å². The van der Waals surface area contributed by atoms with Crippen LogP contribution in [0.5, 0.6) is 0 Å². The normalized spacial score (nSPS) is 11.6. The molecule has 1 atom stereocenters. The second-order valence-electron chi connectivity index (χ2n) is 5.79. The second-order valence-corrected chi connectivity index (χ2v) is 6.57. The quantitative estimate of drug-likeness (QED) is 0.672. The zero-order chi connectivity index (χ0) is 18.5. The summed E-state index contributed by atoms with van der Waals surface area (Å²) in [6.07, 6.45) is 0. The van der Waals surface area contributed by atoms with Crippen LogP contribution in [0, 0.1) is 5.82 Å². The molecule has 0 bridgehead atoms. The zero-order valence-corrected chi connectivity index (χ0v) is 14.8. The van der Waals surface area contributed by atoms with Gasteiger partial charge in [0.25, 0.3) is 0 Å². The van der Waals surface area contributed by atoms with Crippen LogP contribution in [0.4, 0.5) is 10.1 Å². The molecule has 0 saturated heterocycles. The highest BCUT2D eigenvalue weighted by Crippen LogP contribution is 2.22. The van der Waals surface area contributed by atoms with Crippen molar-refractivity contribution < 1.29 is 14.0 Å². The van der Waals surface area contributed by atoms with Crippen molar-refractivity contribution in [3.05, 3.63) is 76.7 Å². The largest absolute Gasteiger partial charge is 0.341 e. The zero-order valence-electron chi connectivity index (χ0n) is 14.0. The van der Waals surface area contributed by atoms with E-state index in [0.717, 1.165) is 16.7 Å². The Labute approximate surface area is 154 Å². The molecule has 0 aliphatic carbocycles. The monoisotopic (exact) mass is 368 g/mol. The van der Waals surface area contributed by atoms with E-state index >= 15 is 0 Å². The fraction of sp³-hybridized carbons (Fsp3) is 0.100. The first-order valence-electron chi connectivity index (χ1n) is 8.03. The molecular weight excluding hydrogens is 351 g/mol. The van der Waals surface area contributed by atoms with Crippen LogP contribution in [0.2, 0.25) is 0 Å². The fourth-order valence-electron chi connectivity index (χ4n) is 2.48. The van der Waals surface area contributed by atoms with Crippen molar-refractivity contribution in [2.75, 3.05) is 5.32 Å². The molecule has 0 unspecified atom stereocenters. The summed E-state index contributed by atoms with van der Waals surface area (Å²) in [5.74, 6) is -1.66. The first-order chi connectivity index (χ1) is 12.5. The number of hydrogen-bond donors (Lipinski definition) is 2. The number of rotatable bonds is 4. The van der Waals surface area contributed by atoms with Gasteiger partial charge in [0.1, 0.15) is 5.82 Å². The lowest BCUT2D eigenvalue weighted by Gasteiger charge is -2.14. The number of carbonyl (C=O) groups excluding carboxylic acids is 2. The minimum absolute atomic E-state index is 0.276. The van der Waals surface area contributed by atoms with E-state index in [1.54, 1.807) is 23.6 Å². The smallest absolute Gasteiger partial charge is 0.313 e. The van der Waals surface area contributed by atoms with Gasteiger partial charge in [-0.3, -0.25) is 9.59 Å². The van der Waals surface area contributed by atoms with E-state index in [0.29, 0.717) is 5.69 Å². The number of hydrogen-bond acceptors (Lipinski definition) is 3. The standard InChI is InChI=1S/C20H17FN2O2S/c1-13(22-19(24)20(25)23-18-10-11-26-12-18)14-2-4-15(5-3-14)16-6-8-17(21)9-7-16/h2-13H,1H3,(H,22,24)(H,23,25)/t13-/m1/s1. The van der Waals surface area contributed by atoms with E-state index in [2.05, 4.69) is 10.6 Å². The molecule has 2 N–H and O–H groups in total. The Morgan fingerprint density at radius 3 is 2.12 bits per heavy atom.